The van der Waals surface area contributed by atoms with Crippen molar-refractivity contribution >= 4 is 27.9 Å². The van der Waals surface area contributed by atoms with Gasteiger partial charge in [-0.05, 0) is 42.9 Å². The number of rotatable bonds is 3. The number of likely N-dealkylation sites (N-methyl/N-ethyl adjacent to an activating group) is 1. The number of hydrogen-bond donors (Lipinski definition) is 1. The van der Waals surface area contributed by atoms with Crippen LogP contribution in [-0.4, -0.2) is 63.0 Å². The lowest BCUT2D eigenvalue weighted by Crippen LogP contribution is -2.44. The fourth-order valence-corrected chi connectivity index (χ4v) is 4.31. The van der Waals surface area contributed by atoms with Crippen molar-refractivity contribution in [3.8, 4) is 22.3 Å². The van der Waals surface area contributed by atoms with Gasteiger partial charge in [0.2, 0.25) is 0 Å². The first-order chi connectivity index (χ1) is 15.7. The van der Waals surface area contributed by atoms with Gasteiger partial charge in [-0.3, -0.25) is 9.97 Å². The summed E-state index contributed by atoms with van der Waals surface area (Å²) >= 11 is 0. The van der Waals surface area contributed by atoms with E-state index in [1.807, 2.05) is 24.7 Å². The maximum Gasteiger partial charge on any atom is 0.137 e. The molecule has 1 aliphatic rings. The molecule has 7 nitrogen and oxygen atoms in total. The molecule has 4 aromatic heterocycles. The molecule has 0 spiro atoms. The Morgan fingerprint density at radius 3 is 2.34 bits per heavy atom. The van der Waals surface area contributed by atoms with Crippen molar-refractivity contribution in [2.45, 2.75) is 0 Å². The maximum atomic E-state index is 4.74. The molecular formula is C25H23N7. The van der Waals surface area contributed by atoms with E-state index in [0.717, 1.165) is 76.3 Å². The highest BCUT2D eigenvalue weighted by Gasteiger charge is 2.15. The lowest BCUT2D eigenvalue weighted by atomic mass is 10.0. The van der Waals surface area contributed by atoms with Gasteiger partial charge in [-0.1, -0.05) is 6.07 Å². The van der Waals surface area contributed by atoms with Gasteiger partial charge in [-0.2, -0.15) is 0 Å². The molecule has 1 saturated heterocycles. The second-order valence-corrected chi connectivity index (χ2v) is 8.28. The first kappa shape index (κ1) is 18.9. The van der Waals surface area contributed by atoms with Gasteiger partial charge in [0.1, 0.15) is 11.5 Å². The smallest absolute Gasteiger partial charge is 0.137 e. The zero-order chi connectivity index (χ0) is 21.5. The Hall–Kier alpha value is -3.84. The molecule has 0 radical (unpaired) electrons. The number of fused-ring (bicyclic) bond motifs is 2. The summed E-state index contributed by atoms with van der Waals surface area (Å²) in [6, 6.07) is 12.6. The number of piperazine rings is 1. The van der Waals surface area contributed by atoms with Gasteiger partial charge in [0.15, 0.2) is 0 Å². The molecule has 5 heterocycles. The molecule has 0 amide bonds. The third-order valence-corrected chi connectivity index (χ3v) is 6.22. The Kier molecular flexibility index (Phi) is 4.54. The van der Waals surface area contributed by atoms with Gasteiger partial charge >= 0.3 is 0 Å². The number of nitrogens with zero attached hydrogens (tertiary/aromatic N) is 6. The molecule has 0 atom stereocenters. The first-order valence-corrected chi connectivity index (χ1v) is 10.8. The Morgan fingerprint density at radius 2 is 1.53 bits per heavy atom. The Bertz CT molecular complexity index is 1400. The third-order valence-electron chi connectivity index (χ3n) is 6.22. The molecular weight excluding hydrogens is 398 g/mol. The normalized spacial score (nSPS) is 15.0. The number of benzene rings is 1. The number of aromatic amines is 1. The molecule has 0 bridgehead atoms. The zero-order valence-electron chi connectivity index (χ0n) is 17.9. The van der Waals surface area contributed by atoms with E-state index in [9.17, 15) is 0 Å². The maximum absolute atomic E-state index is 4.74. The van der Waals surface area contributed by atoms with Gasteiger partial charge in [0, 0.05) is 79.2 Å². The topological polar surface area (TPSA) is 73.8 Å². The molecule has 6 rings (SSSR count). The van der Waals surface area contributed by atoms with Gasteiger partial charge in [0.05, 0.1) is 11.0 Å². The highest BCUT2D eigenvalue weighted by molar-refractivity contribution is 5.97. The molecule has 1 N–H and O–H groups in total. The fraction of sp³-hybridized carbons (Fsp3) is 0.200. The fourth-order valence-electron chi connectivity index (χ4n) is 4.31. The van der Waals surface area contributed by atoms with Crippen LogP contribution in [0.2, 0.25) is 0 Å². The number of nitrogens with one attached hydrogen (secondary N) is 1. The van der Waals surface area contributed by atoms with Crippen LogP contribution in [0, 0.1) is 0 Å². The van der Waals surface area contributed by atoms with Crippen LogP contribution in [0.1, 0.15) is 0 Å². The second-order valence-electron chi connectivity index (χ2n) is 8.28. The van der Waals surface area contributed by atoms with Crippen molar-refractivity contribution in [1.29, 1.82) is 0 Å². The lowest BCUT2D eigenvalue weighted by molar-refractivity contribution is 0.312. The van der Waals surface area contributed by atoms with E-state index >= 15 is 0 Å². The molecule has 5 aromatic rings. The van der Waals surface area contributed by atoms with E-state index in [1.54, 1.807) is 12.4 Å². The van der Waals surface area contributed by atoms with Gasteiger partial charge < -0.3 is 14.8 Å². The van der Waals surface area contributed by atoms with Crippen LogP contribution in [-0.2, 0) is 0 Å². The monoisotopic (exact) mass is 421 g/mol. The number of anilines is 1. The predicted octanol–water partition coefficient (Wildman–Crippen LogP) is 3.99. The van der Waals surface area contributed by atoms with Gasteiger partial charge in [-0.15, -0.1) is 0 Å². The Morgan fingerprint density at radius 1 is 0.750 bits per heavy atom. The van der Waals surface area contributed by atoms with Crippen LogP contribution in [0.4, 0.5) is 5.82 Å². The number of pyridine rings is 2. The quantitative estimate of drug-likeness (QED) is 0.475. The van der Waals surface area contributed by atoms with Crippen molar-refractivity contribution in [3.05, 3.63) is 67.4 Å². The van der Waals surface area contributed by atoms with Crippen molar-refractivity contribution in [2.75, 3.05) is 38.1 Å². The number of H-pyrrole nitrogens is 1. The van der Waals surface area contributed by atoms with E-state index < -0.39 is 0 Å². The Balaban J connectivity index is 1.34. The first-order valence-electron chi connectivity index (χ1n) is 10.8. The highest BCUT2D eigenvalue weighted by atomic mass is 15.3. The standard InChI is InChI=1S/C25H23N7/c1-31-8-10-32(11-9-31)24-5-3-18(14-28-24)19-12-20-21(16-30-25(20)29-15-19)17-2-4-22-23(13-17)27-7-6-26-22/h2-7,12-16H,8-11H2,1H3,(H,29,30). The summed E-state index contributed by atoms with van der Waals surface area (Å²) in [5.74, 6) is 1.04. The minimum absolute atomic E-state index is 0.866. The van der Waals surface area contributed by atoms with Crippen LogP contribution < -0.4 is 4.90 Å². The molecule has 7 heteroatoms. The largest absolute Gasteiger partial charge is 0.354 e. The van der Waals surface area contributed by atoms with E-state index in [4.69, 9.17) is 4.98 Å². The van der Waals surface area contributed by atoms with Crippen molar-refractivity contribution in [2.24, 2.45) is 0 Å². The van der Waals surface area contributed by atoms with Crippen LogP contribution in [0.3, 0.4) is 0 Å². The molecule has 158 valence electrons. The average Bonchev–Trinajstić information content (AvgIpc) is 3.28. The average molecular weight is 422 g/mol. The molecule has 1 aliphatic heterocycles. The molecule has 32 heavy (non-hydrogen) atoms. The number of aromatic nitrogens is 5. The van der Waals surface area contributed by atoms with Gasteiger partial charge in [0.25, 0.3) is 0 Å². The SMILES string of the molecule is CN1CCN(c2ccc(-c3cnc4[nH]cc(-c5ccc6nccnc6c5)c4c3)cn2)CC1. The van der Waals surface area contributed by atoms with Crippen molar-refractivity contribution in [1.82, 2.24) is 29.8 Å². The van der Waals surface area contributed by atoms with E-state index in [2.05, 4.69) is 67.1 Å². The molecule has 1 aromatic carbocycles. The number of hydrogen-bond acceptors (Lipinski definition) is 6. The summed E-state index contributed by atoms with van der Waals surface area (Å²) in [6.07, 6.45) is 9.30. The Labute approximate surface area is 185 Å². The molecule has 0 saturated carbocycles. The van der Waals surface area contributed by atoms with Gasteiger partial charge in [-0.25, -0.2) is 9.97 Å². The summed E-state index contributed by atoms with van der Waals surface area (Å²) in [5, 5.41) is 1.08. The molecule has 0 unspecified atom stereocenters. The third kappa shape index (κ3) is 3.36. The molecule has 0 aliphatic carbocycles. The summed E-state index contributed by atoms with van der Waals surface area (Å²) in [4.78, 5) is 26.2. The second kappa shape index (κ2) is 7.69. The zero-order valence-corrected chi connectivity index (χ0v) is 17.9. The highest BCUT2D eigenvalue weighted by Crippen LogP contribution is 2.32. The van der Waals surface area contributed by atoms with Crippen molar-refractivity contribution < 1.29 is 0 Å². The summed E-state index contributed by atoms with van der Waals surface area (Å²) < 4.78 is 0. The minimum atomic E-state index is 0.866. The van der Waals surface area contributed by atoms with E-state index in [-0.39, 0.29) is 0 Å². The minimum Gasteiger partial charge on any atom is -0.354 e. The lowest BCUT2D eigenvalue weighted by Gasteiger charge is -2.33. The van der Waals surface area contributed by atoms with E-state index in [1.165, 1.54) is 0 Å². The van der Waals surface area contributed by atoms with Crippen LogP contribution in [0.15, 0.2) is 67.4 Å². The predicted molar refractivity (Wildman–Crippen MR) is 128 cm³/mol. The van der Waals surface area contributed by atoms with E-state index in [0.29, 0.717) is 0 Å². The van der Waals surface area contributed by atoms with Crippen LogP contribution >= 0.6 is 0 Å². The molecule has 1 fully saturated rings. The summed E-state index contributed by atoms with van der Waals surface area (Å²) in [5.41, 5.74) is 6.94. The van der Waals surface area contributed by atoms with Crippen molar-refractivity contribution in [3.63, 3.8) is 0 Å². The summed E-state index contributed by atoms with van der Waals surface area (Å²) in [6.45, 7) is 4.17. The van der Waals surface area contributed by atoms with Crippen LogP contribution in [0.5, 0.6) is 0 Å². The summed E-state index contributed by atoms with van der Waals surface area (Å²) in [7, 11) is 2.16. The van der Waals surface area contributed by atoms with Crippen LogP contribution in [0.25, 0.3) is 44.3 Å².